The summed E-state index contributed by atoms with van der Waals surface area (Å²) in [6, 6.07) is 0. The molecule has 4 fully saturated rings. The van der Waals surface area contributed by atoms with E-state index < -0.39 is 30.2 Å². The van der Waals surface area contributed by atoms with Crippen LogP contribution in [0.15, 0.2) is 12.7 Å². The Bertz CT molecular complexity index is 733. The van der Waals surface area contributed by atoms with Gasteiger partial charge in [-0.3, -0.25) is 4.79 Å². The monoisotopic (exact) mass is 404 g/mol. The molecule has 0 aromatic rings. The second-order valence-corrected chi connectivity index (χ2v) is 10.9. The van der Waals surface area contributed by atoms with E-state index in [4.69, 9.17) is 4.74 Å². The van der Waals surface area contributed by atoms with Crippen molar-refractivity contribution in [2.75, 3.05) is 6.61 Å². The lowest BCUT2D eigenvalue weighted by atomic mass is 9.49. The van der Waals surface area contributed by atoms with Gasteiger partial charge in [0.25, 0.3) is 0 Å². The number of hydrogen-bond donors (Lipinski definition) is 2. The molecule has 4 saturated carbocycles. The second-order valence-electron chi connectivity index (χ2n) is 10.9. The van der Waals surface area contributed by atoms with Crippen molar-refractivity contribution in [1.29, 1.82) is 0 Å². The molecule has 162 valence electrons. The van der Waals surface area contributed by atoms with Crippen LogP contribution in [0.3, 0.4) is 0 Å². The van der Waals surface area contributed by atoms with Gasteiger partial charge < -0.3 is 14.9 Å². The fraction of sp³-hybridized carbons (Fsp3) is 0.833. The van der Waals surface area contributed by atoms with Crippen LogP contribution in [-0.4, -0.2) is 40.8 Å². The van der Waals surface area contributed by atoms with Crippen molar-refractivity contribution in [1.82, 2.24) is 0 Å². The minimum atomic E-state index is -0.648. The van der Waals surface area contributed by atoms with Crippen molar-refractivity contribution in [2.45, 2.75) is 72.0 Å². The topological polar surface area (TPSA) is 83.8 Å². The van der Waals surface area contributed by atoms with E-state index in [9.17, 15) is 19.8 Å². The smallest absolute Gasteiger partial charge is 0.332 e. The standard InChI is InChI=1S/C24H36O5/c1-6-22(4)11-18(29-19(27)12-25)23(5)13(2)9-15-16-10-24(20(15)23,8-7-17(16)26)14(3)21(22)28/h6,13-16,18,20-21,25,28H,1,7-12H2,2-5H3. The SMILES string of the molecule is C=CC1(C)CC(OC(=O)CO)C2(C)C(C)CC3C4CC(CCC4=O)(C(C)C1O)C32. The molecule has 0 aliphatic heterocycles. The molecule has 2 bridgehead atoms. The lowest BCUT2D eigenvalue weighted by Gasteiger charge is -2.57. The van der Waals surface area contributed by atoms with Crippen LogP contribution in [0, 0.1) is 45.8 Å². The molecule has 4 aliphatic carbocycles. The van der Waals surface area contributed by atoms with Gasteiger partial charge in [0, 0.05) is 23.2 Å². The van der Waals surface area contributed by atoms with Crippen molar-refractivity contribution in [3.05, 3.63) is 12.7 Å². The molecule has 4 rings (SSSR count). The van der Waals surface area contributed by atoms with Gasteiger partial charge in [0.15, 0.2) is 0 Å². The Labute approximate surface area is 173 Å². The highest BCUT2D eigenvalue weighted by atomic mass is 16.6. The number of ether oxygens (including phenoxy) is 1. The summed E-state index contributed by atoms with van der Waals surface area (Å²) in [4.78, 5) is 25.0. The Balaban J connectivity index is 1.91. The van der Waals surface area contributed by atoms with Gasteiger partial charge in [0.2, 0.25) is 0 Å². The van der Waals surface area contributed by atoms with E-state index in [2.05, 4.69) is 27.4 Å². The Morgan fingerprint density at radius 2 is 2.00 bits per heavy atom. The fourth-order valence-corrected chi connectivity index (χ4v) is 8.26. The molecule has 4 aliphatic rings. The van der Waals surface area contributed by atoms with Gasteiger partial charge in [-0.15, -0.1) is 6.58 Å². The van der Waals surface area contributed by atoms with Gasteiger partial charge >= 0.3 is 5.97 Å². The summed E-state index contributed by atoms with van der Waals surface area (Å²) >= 11 is 0. The van der Waals surface area contributed by atoms with Crippen molar-refractivity contribution in [3.63, 3.8) is 0 Å². The number of aliphatic hydroxyl groups is 2. The van der Waals surface area contributed by atoms with E-state index in [1.165, 1.54) is 0 Å². The lowest BCUT2D eigenvalue weighted by molar-refractivity contribution is -0.188. The minimum Gasteiger partial charge on any atom is -0.460 e. The van der Waals surface area contributed by atoms with Gasteiger partial charge in [-0.25, -0.2) is 4.79 Å². The van der Waals surface area contributed by atoms with Crippen LogP contribution in [0.1, 0.15) is 59.8 Å². The predicted octanol–water partition coefficient (Wildman–Crippen LogP) is 3.13. The summed E-state index contributed by atoms with van der Waals surface area (Å²) in [6.07, 6.45) is 4.43. The molecular weight excluding hydrogens is 368 g/mol. The first-order valence-corrected chi connectivity index (χ1v) is 11.2. The molecule has 2 N–H and O–H groups in total. The highest BCUT2D eigenvalue weighted by molar-refractivity contribution is 5.83. The second kappa shape index (κ2) is 6.65. The summed E-state index contributed by atoms with van der Waals surface area (Å²) < 4.78 is 5.91. The Hall–Kier alpha value is -1.20. The summed E-state index contributed by atoms with van der Waals surface area (Å²) in [6.45, 7) is 12.0. The first kappa shape index (κ1) is 21.0. The molecule has 10 unspecified atom stereocenters. The maximum absolute atomic E-state index is 12.8. The summed E-state index contributed by atoms with van der Waals surface area (Å²) in [5.41, 5.74) is -1.04. The van der Waals surface area contributed by atoms with Crippen LogP contribution in [0.2, 0.25) is 0 Å². The number of aliphatic hydroxyl groups excluding tert-OH is 2. The molecule has 0 heterocycles. The predicted molar refractivity (Wildman–Crippen MR) is 109 cm³/mol. The van der Waals surface area contributed by atoms with Gasteiger partial charge in [-0.2, -0.15) is 0 Å². The number of rotatable bonds is 3. The Morgan fingerprint density at radius 1 is 1.31 bits per heavy atom. The molecule has 5 heteroatoms. The first-order valence-electron chi connectivity index (χ1n) is 11.2. The first-order chi connectivity index (χ1) is 13.5. The number of ketones is 1. The van der Waals surface area contributed by atoms with E-state index in [0.29, 0.717) is 30.5 Å². The zero-order valence-corrected chi connectivity index (χ0v) is 18.2. The number of esters is 1. The zero-order chi connectivity index (χ0) is 21.4. The highest BCUT2D eigenvalue weighted by Crippen LogP contribution is 2.74. The fourth-order valence-electron chi connectivity index (χ4n) is 8.26. The largest absolute Gasteiger partial charge is 0.460 e. The lowest BCUT2D eigenvalue weighted by Crippen LogP contribution is -2.58. The number of fused-ring (bicyclic) bond motifs is 2. The van der Waals surface area contributed by atoms with Crippen LogP contribution in [0.5, 0.6) is 0 Å². The molecule has 1 spiro atoms. The number of carbonyl (C=O) groups is 2. The Morgan fingerprint density at radius 3 is 2.62 bits per heavy atom. The van der Waals surface area contributed by atoms with Crippen LogP contribution >= 0.6 is 0 Å². The van der Waals surface area contributed by atoms with Crippen molar-refractivity contribution in [2.24, 2.45) is 45.8 Å². The van der Waals surface area contributed by atoms with Crippen LogP contribution in [0.4, 0.5) is 0 Å². The quantitative estimate of drug-likeness (QED) is 0.558. The normalized spacial score (nSPS) is 53.7. The number of Topliss-reactive ketones (excluding diaryl/α,β-unsaturated/α-hetero) is 1. The molecule has 0 radical (unpaired) electrons. The summed E-state index contributed by atoms with van der Waals surface area (Å²) in [5.74, 6) is 0.678. The van der Waals surface area contributed by atoms with E-state index in [1.54, 1.807) is 0 Å². The van der Waals surface area contributed by atoms with Crippen LogP contribution in [0.25, 0.3) is 0 Å². The maximum Gasteiger partial charge on any atom is 0.332 e. The van der Waals surface area contributed by atoms with E-state index in [0.717, 1.165) is 19.3 Å². The molecule has 0 aromatic heterocycles. The maximum atomic E-state index is 12.8. The minimum absolute atomic E-state index is 0.0372. The van der Waals surface area contributed by atoms with Gasteiger partial charge in [0.05, 0.1) is 6.10 Å². The van der Waals surface area contributed by atoms with Crippen molar-refractivity contribution >= 4 is 11.8 Å². The third-order valence-corrected chi connectivity index (χ3v) is 10.0. The molecule has 0 saturated heterocycles. The van der Waals surface area contributed by atoms with E-state index >= 15 is 0 Å². The molecule has 29 heavy (non-hydrogen) atoms. The van der Waals surface area contributed by atoms with Crippen LogP contribution < -0.4 is 0 Å². The third-order valence-electron chi connectivity index (χ3n) is 10.0. The van der Waals surface area contributed by atoms with E-state index in [1.807, 2.05) is 13.0 Å². The van der Waals surface area contributed by atoms with Gasteiger partial charge in [-0.1, -0.05) is 33.8 Å². The summed E-state index contributed by atoms with van der Waals surface area (Å²) in [5, 5.41) is 20.9. The molecule has 10 atom stereocenters. The average molecular weight is 405 g/mol. The average Bonchev–Trinajstić information content (AvgIpc) is 3.13. The van der Waals surface area contributed by atoms with Crippen LogP contribution in [-0.2, 0) is 14.3 Å². The summed E-state index contributed by atoms with van der Waals surface area (Å²) in [7, 11) is 0. The van der Waals surface area contributed by atoms with Gasteiger partial charge in [0.1, 0.15) is 18.5 Å². The number of hydrogen-bond acceptors (Lipinski definition) is 5. The van der Waals surface area contributed by atoms with Crippen molar-refractivity contribution < 1.29 is 24.5 Å². The zero-order valence-electron chi connectivity index (χ0n) is 18.2. The van der Waals surface area contributed by atoms with E-state index in [-0.39, 0.29) is 28.6 Å². The van der Waals surface area contributed by atoms with Gasteiger partial charge in [-0.05, 0) is 54.8 Å². The molecule has 0 amide bonds. The highest BCUT2D eigenvalue weighted by Gasteiger charge is 2.72. The molecule has 5 nitrogen and oxygen atoms in total. The molecular formula is C24H36O5. The Kier molecular flexibility index (Phi) is 4.83. The van der Waals surface area contributed by atoms with Crippen molar-refractivity contribution in [3.8, 4) is 0 Å². The third kappa shape index (κ3) is 2.59. The number of carbonyl (C=O) groups excluding carboxylic acids is 2. The molecule has 0 aromatic carbocycles.